The average molecular weight is 394 g/mol. The Hall–Kier alpha value is -3.36. The molecule has 29 heavy (non-hydrogen) atoms. The Balaban J connectivity index is 1.42. The fourth-order valence-electron chi connectivity index (χ4n) is 3.68. The van der Waals surface area contributed by atoms with E-state index in [-0.39, 0.29) is 18.6 Å². The molecule has 5 rings (SSSR count). The van der Waals surface area contributed by atoms with Crippen molar-refractivity contribution < 1.29 is 14.3 Å². The molecule has 1 fully saturated rings. The van der Waals surface area contributed by atoms with Crippen molar-refractivity contribution in [1.29, 1.82) is 0 Å². The fraction of sp³-hybridized carbons (Fsp3) is 0.400. The van der Waals surface area contributed by atoms with Gasteiger partial charge in [0.1, 0.15) is 0 Å². The predicted molar refractivity (Wildman–Crippen MR) is 106 cm³/mol. The monoisotopic (exact) mass is 394 g/mol. The van der Waals surface area contributed by atoms with Crippen LogP contribution in [0.4, 0.5) is 5.95 Å². The van der Waals surface area contributed by atoms with E-state index in [1.807, 2.05) is 43.0 Å². The van der Waals surface area contributed by atoms with Crippen molar-refractivity contribution in [1.82, 2.24) is 24.5 Å². The fourth-order valence-corrected chi connectivity index (χ4v) is 3.68. The molecule has 9 heteroatoms. The highest BCUT2D eigenvalue weighted by atomic mass is 16.7. The summed E-state index contributed by atoms with van der Waals surface area (Å²) in [6, 6.07) is 7.71. The van der Waals surface area contributed by atoms with E-state index in [4.69, 9.17) is 14.6 Å². The second kappa shape index (κ2) is 6.91. The number of benzene rings is 1. The zero-order valence-corrected chi connectivity index (χ0v) is 16.4. The normalized spacial score (nSPS) is 16.1. The van der Waals surface area contributed by atoms with Crippen LogP contribution in [-0.4, -0.2) is 63.4 Å². The molecule has 0 bridgehead atoms. The molecule has 0 atom stereocenters. The van der Waals surface area contributed by atoms with Gasteiger partial charge in [0.2, 0.25) is 18.6 Å². The third kappa shape index (κ3) is 3.12. The van der Waals surface area contributed by atoms with Gasteiger partial charge in [0, 0.05) is 43.9 Å². The maximum Gasteiger partial charge on any atom is 0.254 e. The lowest BCUT2D eigenvalue weighted by molar-refractivity contribution is -0.134. The standard InChI is InChI=1S/C20H22N6O3/c1-13(2)18(27)24-7-9-25(10-8-24)20-22-19-21-6-5-15(26(19)23-20)14-3-4-16-17(11-14)29-12-28-16/h3-6,11,13H,7-10,12H2,1-2H3. The van der Waals surface area contributed by atoms with Crippen LogP contribution in [0, 0.1) is 5.92 Å². The highest BCUT2D eigenvalue weighted by Crippen LogP contribution is 2.35. The molecule has 1 amide bonds. The van der Waals surface area contributed by atoms with Gasteiger partial charge < -0.3 is 19.3 Å². The van der Waals surface area contributed by atoms with Crippen molar-refractivity contribution in [3.05, 3.63) is 30.5 Å². The Morgan fingerprint density at radius 2 is 1.86 bits per heavy atom. The first kappa shape index (κ1) is 17.7. The number of carbonyl (C=O) groups excluding carboxylic acids is 1. The summed E-state index contributed by atoms with van der Waals surface area (Å²) in [5.41, 5.74) is 1.83. The topological polar surface area (TPSA) is 85.1 Å². The third-order valence-electron chi connectivity index (χ3n) is 5.27. The van der Waals surface area contributed by atoms with Gasteiger partial charge in [0.05, 0.1) is 5.69 Å². The van der Waals surface area contributed by atoms with Gasteiger partial charge in [-0.2, -0.15) is 9.50 Å². The van der Waals surface area contributed by atoms with Crippen LogP contribution in [0.1, 0.15) is 13.8 Å². The van der Waals surface area contributed by atoms with Crippen LogP contribution in [0.2, 0.25) is 0 Å². The minimum absolute atomic E-state index is 0.0170. The van der Waals surface area contributed by atoms with E-state index >= 15 is 0 Å². The Morgan fingerprint density at radius 1 is 1.07 bits per heavy atom. The van der Waals surface area contributed by atoms with Gasteiger partial charge in [0.25, 0.3) is 5.78 Å². The van der Waals surface area contributed by atoms with Crippen LogP contribution in [0.25, 0.3) is 17.0 Å². The first-order chi connectivity index (χ1) is 14.1. The number of hydrogen-bond acceptors (Lipinski definition) is 7. The molecule has 1 saturated heterocycles. The maximum atomic E-state index is 12.2. The molecule has 0 saturated carbocycles. The summed E-state index contributed by atoms with van der Waals surface area (Å²) in [5, 5.41) is 4.70. The van der Waals surface area contributed by atoms with Gasteiger partial charge in [-0.15, -0.1) is 5.10 Å². The van der Waals surface area contributed by atoms with Crippen LogP contribution in [0.5, 0.6) is 11.5 Å². The Labute approximate surface area is 167 Å². The Bertz CT molecular complexity index is 1070. The summed E-state index contributed by atoms with van der Waals surface area (Å²) in [4.78, 5) is 25.2. The maximum absolute atomic E-state index is 12.2. The van der Waals surface area contributed by atoms with Crippen LogP contribution >= 0.6 is 0 Å². The SMILES string of the molecule is CC(C)C(=O)N1CCN(c2nc3nccc(-c4ccc5c(c4)OCO5)n3n2)CC1. The van der Waals surface area contributed by atoms with Crippen LogP contribution in [0.15, 0.2) is 30.5 Å². The minimum Gasteiger partial charge on any atom is -0.454 e. The molecule has 0 N–H and O–H groups in total. The second-order valence-corrected chi connectivity index (χ2v) is 7.49. The average Bonchev–Trinajstić information content (AvgIpc) is 3.39. The molecule has 9 nitrogen and oxygen atoms in total. The van der Waals surface area contributed by atoms with E-state index in [9.17, 15) is 4.79 Å². The van der Waals surface area contributed by atoms with Crippen molar-refractivity contribution in [2.24, 2.45) is 5.92 Å². The summed E-state index contributed by atoms with van der Waals surface area (Å²) < 4.78 is 12.6. The van der Waals surface area contributed by atoms with Crippen LogP contribution in [0.3, 0.4) is 0 Å². The summed E-state index contributed by atoms with van der Waals surface area (Å²) in [5.74, 6) is 2.84. The summed E-state index contributed by atoms with van der Waals surface area (Å²) in [6.07, 6.45) is 1.73. The molecule has 0 spiro atoms. The number of anilines is 1. The van der Waals surface area contributed by atoms with E-state index in [0.717, 1.165) is 22.8 Å². The van der Waals surface area contributed by atoms with E-state index in [1.165, 1.54) is 0 Å². The van der Waals surface area contributed by atoms with Crippen molar-refractivity contribution >= 4 is 17.6 Å². The highest BCUT2D eigenvalue weighted by molar-refractivity contribution is 5.78. The molecule has 0 aliphatic carbocycles. The number of amides is 1. The number of rotatable bonds is 3. The summed E-state index contributed by atoms with van der Waals surface area (Å²) >= 11 is 0. The number of aromatic nitrogens is 4. The molecule has 2 aliphatic rings. The second-order valence-electron chi connectivity index (χ2n) is 7.49. The lowest BCUT2D eigenvalue weighted by Gasteiger charge is -2.34. The number of carbonyl (C=O) groups is 1. The Morgan fingerprint density at radius 3 is 2.66 bits per heavy atom. The lowest BCUT2D eigenvalue weighted by atomic mass is 10.1. The number of ether oxygens (including phenoxy) is 2. The van der Waals surface area contributed by atoms with E-state index < -0.39 is 0 Å². The molecule has 2 aliphatic heterocycles. The summed E-state index contributed by atoms with van der Waals surface area (Å²) in [7, 11) is 0. The molecule has 2 aromatic heterocycles. The van der Waals surface area contributed by atoms with Crippen molar-refractivity contribution in [3.8, 4) is 22.8 Å². The molecule has 3 aromatic rings. The van der Waals surface area contributed by atoms with Gasteiger partial charge in [-0.05, 0) is 24.3 Å². The molecule has 1 aromatic carbocycles. The van der Waals surface area contributed by atoms with Gasteiger partial charge in [-0.25, -0.2) is 4.98 Å². The molecule has 4 heterocycles. The zero-order chi connectivity index (χ0) is 20.0. The molecule has 150 valence electrons. The van der Waals surface area contributed by atoms with E-state index in [1.54, 1.807) is 10.7 Å². The highest BCUT2D eigenvalue weighted by Gasteiger charge is 2.25. The predicted octanol–water partition coefficient (Wildman–Crippen LogP) is 1.82. The van der Waals surface area contributed by atoms with Gasteiger partial charge in [0.15, 0.2) is 11.5 Å². The van der Waals surface area contributed by atoms with Gasteiger partial charge in [-0.3, -0.25) is 4.79 Å². The van der Waals surface area contributed by atoms with E-state index in [0.29, 0.717) is 37.9 Å². The zero-order valence-electron chi connectivity index (χ0n) is 16.4. The molecule has 0 unspecified atom stereocenters. The number of hydrogen-bond donors (Lipinski definition) is 0. The molecular weight excluding hydrogens is 372 g/mol. The van der Waals surface area contributed by atoms with Crippen LogP contribution in [-0.2, 0) is 4.79 Å². The third-order valence-corrected chi connectivity index (χ3v) is 5.27. The van der Waals surface area contributed by atoms with Gasteiger partial charge in [-0.1, -0.05) is 13.8 Å². The molecular formula is C20H22N6O3. The first-order valence-corrected chi connectivity index (χ1v) is 9.76. The number of fused-ring (bicyclic) bond motifs is 2. The quantitative estimate of drug-likeness (QED) is 0.670. The smallest absolute Gasteiger partial charge is 0.254 e. The van der Waals surface area contributed by atoms with Crippen molar-refractivity contribution in [2.75, 3.05) is 37.9 Å². The number of nitrogens with zero attached hydrogens (tertiary/aromatic N) is 6. The lowest BCUT2D eigenvalue weighted by Crippen LogP contribution is -2.50. The minimum atomic E-state index is 0.0170. The first-order valence-electron chi connectivity index (χ1n) is 9.76. The Kier molecular flexibility index (Phi) is 4.22. The molecule has 0 radical (unpaired) electrons. The van der Waals surface area contributed by atoms with Crippen molar-refractivity contribution in [3.63, 3.8) is 0 Å². The number of piperazine rings is 1. The van der Waals surface area contributed by atoms with Crippen LogP contribution < -0.4 is 14.4 Å². The largest absolute Gasteiger partial charge is 0.454 e. The van der Waals surface area contributed by atoms with E-state index in [2.05, 4.69) is 14.9 Å². The van der Waals surface area contributed by atoms with Gasteiger partial charge >= 0.3 is 0 Å². The summed E-state index contributed by atoms with van der Waals surface area (Å²) in [6.45, 7) is 6.86. The van der Waals surface area contributed by atoms with Crippen molar-refractivity contribution in [2.45, 2.75) is 13.8 Å².